The average Bonchev–Trinajstić information content (AvgIpc) is 2.46. The van der Waals surface area contributed by atoms with Crippen LogP contribution in [0.5, 0.6) is 0 Å². The van der Waals surface area contributed by atoms with Crippen molar-refractivity contribution in [2.24, 2.45) is 11.8 Å². The number of piperidine rings is 1. The van der Waals surface area contributed by atoms with Crippen LogP contribution in [0.15, 0.2) is 18.3 Å². The second-order valence-corrected chi connectivity index (χ2v) is 5.76. The Labute approximate surface area is 116 Å². The number of aromatic nitrogens is 1. The number of hydrogen-bond donors (Lipinski definition) is 0. The molecular formula is C16H24N2O. The van der Waals surface area contributed by atoms with E-state index in [1.54, 1.807) is 0 Å². The summed E-state index contributed by atoms with van der Waals surface area (Å²) in [4.78, 5) is 18.5. The van der Waals surface area contributed by atoms with Gasteiger partial charge in [0.05, 0.1) is 11.9 Å². The monoisotopic (exact) mass is 260 g/mol. The van der Waals surface area contributed by atoms with Gasteiger partial charge >= 0.3 is 0 Å². The second-order valence-electron chi connectivity index (χ2n) is 5.76. The lowest BCUT2D eigenvalue weighted by Crippen LogP contribution is -2.33. The molecule has 19 heavy (non-hydrogen) atoms. The molecule has 1 aromatic heterocycles. The Morgan fingerprint density at radius 1 is 1.37 bits per heavy atom. The van der Waals surface area contributed by atoms with Crippen molar-refractivity contribution in [1.82, 2.24) is 4.98 Å². The Balaban J connectivity index is 2.01. The van der Waals surface area contributed by atoms with E-state index in [9.17, 15) is 4.79 Å². The van der Waals surface area contributed by atoms with Crippen LogP contribution in [0.1, 0.15) is 50.5 Å². The molecular weight excluding hydrogens is 236 g/mol. The zero-order valence-corrected chi connectivity index (χ0v) is 12.2. The van der Waals surface area contributed by atoms with Gasteiger partial charge in [0.1, 0.15) is 5.69 Å². The van der Waals surface area contributed by atoms with E-state index in [2.05, 4.69) is 16.8 Å². The average molecular weight is 260 g/mol. The molecule has 1 fully saturated rings. The lowest BCUT2D eigenvalue weighted by Gasteiger charge is -2.33. The van der Waals surface area contributed by atoms with Crippen LogP contribution >= 0.6 is 0 Å². The number of ketones is 1. The molecule has 0 radical (unpaired) electrons. The number of anilines is 1. The number of rotatable bonds is 4. The normalized spacial score (nSPS) is 16.9. The van der Waals surface area contributed by atoms with Gasteiger partial charge in [-0.25, -0.2) is 0 Å². The summed E-state index contributed by atoms with van der Waals surface area (Å²) in [6.45, 7) is 8.31. The second kappa shape index (κ2) is 6.18. The first-order valence-electron chi connectivity index (χ1n) is 7.37. The fourth-order valence-corrected chi connectivity index (χ4v) is 2.61. The standard InChI is InChI=1S/C16H24N2O/c1-4-13-7-9-18(10-8-13)14-5-6-15(17-11-14)16(19)12(2)3/h5-6,11-13H,4,7-10H2,1-3H3. The molecule has 1 aliphatic heterocycles. The molecule has 2 rings (SSSR count). The van der Waals surface area contributed by atoms with Crippen LogP contribution in [-0.4, -0.2) is 23.9 Å². The molecule has 2 heterocycles. The fraction of sp³-hybridized carbons (Fsp3) is 0.625. The topological polar surface area (TPSA) is 33.2 Å². The van der Waals surface area contributed by atoms with Gasteiger partial charge in [0.15, 0.2) is 5.78 Å². The summed E-state index contributed by atoms with van der Waals surface area (Å²) >= 11 is 0. The Morgan fingerprint density at radius 3 is 2.53 bits per heavy atom. The summed E-state index contributed by atoms with van der Waals surface area (Å²) in [5, 5.41) is 0. The van der Waals surface area contributed by atoms with Gasteiger partial charge in [-0.05, 0) is 30.9 Å². The van der Waals surface area contributed by atoms with Crippen LogP contribution in [-0.2, 0) is 0 Å². The van der Waals surface area contributed by atoms with E-state index in [0.717, 1.165) is 24.7 Å². The van der Waals surface area contributed by atoms with Crippen LogP contribution in [0.4, 0.5) is 5.69 Å². The largest absolute Gasteiger partial charge is 0.370 e. The highest BCUT2D eigenvalue weighted by molar-refractivity contribution is 5.95. The Bertz CT molecular complexity index is 417. The minimum absolute atomic E-state index is 0.0126. The predicted molar refractivity (Wildman–Crippen MR) is 78.6 cm³/mol. The van der Waals surface area contributed by atoms with Crippen molar-refractivity contribution in [3.8, 4) is 0 Å². The number of hydrogen-bond acceptors (Lipinski definition) is 3. The van der Waals surface area contributed by atoms with Crippen molar-refractivity contribution >= 4 is 11.5 Å². The predicted octanol–water partition coefficient (Wildman–Crippen LogP) is 3.55. The highest BCUT2D eigenvalue weighted by Crippen LogP contribution is 2.24. The maximum absolute atomic E-state index is 11.8. The summed E-state index contributed by atoms with van der Waals surface area (Å²) in [6, 6.07) is 3.90. The molecule has 0 atom stereocenters. The third-order valence-electron chi connectivity index (χ3n) is 4.08. The first-order valence-corrected chi connectivity index (χ1v) is 7.37. The first-order chi connectivity index (χ1) is 9.11. The molecule has 0 unspecified atom stereocenters. The fourth-order valence-electron chi connectivity index (χ4n) is 2.61. The van der Waals surface area contributed by atoms with Gasteiger partial charge in [-0.3, -0.25) is 9.78 Å². The molecule has 0 N–H and O–H groups in total. The molecule has 0 bridgehead atoms. The Hall–Kier alpha value is -1.38. The van der Waals surface area contributed by atoms with E-state index >= 15 is 0 Å². The molecule has 1 saturated heterocycles. The maximum Gasteiger partial charge on any atom is 0.183 e. The highest BCUT2D eigenvalue weighted by atomic mass is 16.1. The van der Waals surface area contributed by atoms with E-state index in [4.69, 9.17) is 0 Å². The minimum atomic E-state index is 0.0126. The molecule has 0 amide bonds. The van der Waals surface area contributed by atoms with Crippen LogP contribution in [0.25, 0.3) is 0 Å². The van der Waals surface area contributed by atoms with Crippen LogP contribution in [0.3, 0.4) is 0 Å². The van der Waals surface area contributed by atoms with Gasteiger partial charge in [0, 0.05) is 19.0 Å². The summed E-state index contributed by atoms with van der Waals surface area (Å²) in [5.41, 5.74) is 1.73. The first kappa shape index (κ1) is 14.0. The minimum Gasteiger partial charge on any atom is -0.370 e. The highest BCUT2D eigenvalue weighted by Gasteiger charge is 2.19. The molecule has 0 saturated carbocycles. The molecule has 0 aromatic carbocycles. The third kappa shape index (κ3) is 3.34. The molecule has 3 heteroatoms. The Kier molecular flexibility index (Phi) is 4.56. The van der Waals surface area contributed by atoms with Gasteiger partial charge in [0.25, 0.3) is 0 Å². The van der Waals surface area contributed by atoms with Crippen LogP contribution in [0, 0.1) is 11.8 Å². The summed E-state index contributed by atoms with van der Waals surface area (Å²) in [5.74, 6) is 1.01. The summed E-state index contributed by atoms with van der Waals surface area (Å²) in [7, 11) is 0. The number of pyridine rings is 1. The lowest BCUT2D eigenvalue weighted by atomic mass is 9.94. The van der Waals surface area contributed by atoms with Gasteiger partial charge in [-0.2, -0.15) is 0 Å². The van der Waals surface area contributed by atoms with Crippen molar-refractivity contribution in [3.63, 3.8) is 0 Å². The SMILES string of the molecule is CCC1CCN(c2ccc(C(=O)C(C)C)nc2)CC1. The van der Waals surface area contributed by atoms with Crippen molar-refractivity contribution in [2.45, 2.75) is 40.0 Å². The van der Waals surface area contributed by atoms with Gasteiger partial charge in [0.2, 0.25) is 0 Å². The molecule has 1 aliphatic rings. The lowest BCUT2D eigenvalue weighted by molar-refractivity contribution is 0.0934. The maximum atomic E-state index is 11.8. The summed E-state index contributed by atoms with van der Waals surface area (Å²) < 4.78 is 0. The van der Waals surface area contributed by atoms with E-state index in [0.29, 0.717) is 5.69 Å². The molecule has 0 aliphatic carbocycles. The number of carbonyl (C=O) groups excluding carboxylic acids is 1. The quantitative estimate of drug-likeness (QED) is 0.776. The van der Waals surface area contributed by atoms with Crippen molar-refractivity contribution in [3.05, 3.63) is 24.0 Å². The zero-order valence-electron chi connectivity index (χ0n) is 12.2. The van der Waals surface area contributed by atoms with E-state index < -0.39 is 0 Å². The number of Topliss-reactive ketones (excluding diaryl/α,β-unsaturated/α-hetero) is 1. The summed E-state index contributed by atoms with van der Waals surface area (Å²) in [6.07, 6.45) is 5.67. The molecule has 1 aromatic rings. The van der Waals surface area contributed by atoms with E-state index in [1.807, 2.05) is 32.2 Å². The van der Waals surface area contributed by atoms with Crippen molar-refractivity contribution in [1.29, 1.82) is 0 Å². The van der Waals surface area contributed by atoms with Crippen molar-refractivity contribution < 1.29 is 4.79 Å². The van der Waals surface area contributed by atoms with E-state index in [1.165, 1.54) is 19.3 Å². The van der Waals surface area contributed by atoms with Crippen molar-refractivity contribution in [2.75, 3.05) is 18.0 Å². The van der Waals surface area contributed by atoms with Crippen LogP contribution in [0.2, 0.25) is 0 Å². The molecule has 104 valence electrons. The van der Waals surface area contributed by atoms with Gasteiger partial charge < -0.3 is 4.90 Å². The smallest absolute Gasteiger partial charge is 0.183 e. The van der Waals surface area contributed by atoms with E-state index in [-0.39, 0.29) is 11.7 Å². The Morgan fingerprint density at radius 2 is 2.05 bits per heavy atom. The third-order valence-corrected chi connectivity index (χ3v) is 4.08. The zero-order chi connectivity index (χ0) is 13.8. The molecule has 3 nitrogen and oxygen atoms in total. The van der Waals surface area contributed by atoms with Gasteiger partial charge in [-0.15, -0.1) is 0 Å². The van der Waals surface area contributed by atoms with Gasteiger partial charge in [-0.1, -0.05) is 27.2 Å². The van der Waals surface area contributed by atoms with Crippen LogP contribution < -0.4 is 4.90 Å². The number of nitrogens with zero attached hydrogens (tertiary/aromatic N) is 2. The number of carbonyl (C=O) groups is 1. The molecule has 0 spiro atoms.